The Hall–Kier alpha value is -3.01. The van der Waals surface area contributed by atoms with Crippen LogP contribution in [0.5, 0.6) is 0 Å². The molecule has 1 aromatic heterocycles. The van der Waals surface area contributed by atoms with Crippen molar-refractivity contribution in [3.8, 4) is 0 Å². The van der Waals surface area contributed by atoms with Crippen molar-refractivity contribution in [2.24, 2.45) is 14.1 Å². The monoisotopic (exact) mass is 407 g/mol. The number of nitrogens with one attached hydrogen (secondary N) is 1. The van der Waals surface area contributed by atoms with Crippen molar-refractivity contribution < 1.29 is 9.31 Å². The van der Waals surface area contributed by atoms with Gasteiger partial charge in [-0.2, -0.15) is 4.39 Å². The van der Waals surface area contributed by atoms with Gasteiger partial charge in [-0.15, -0.1) is 0 Å². The van der Waals surface area contributed by atoms with Gasteiger partial charge < -0.3 is 10.2 Å². The van der Waals surface area contributed by atoms with Gasteiger partial charge >= 0.3 is 11.4 Å². The Balaban J connectivity index is 1.84. The molecule has 29 heavy (non-hydrogen) atoms. The number of anilines is 1. The highest BCUT2D eigenvalue weighted by Crippen LogP contribution is 2.18. The maximum Gasteiger partial charge on any atom is 0.332 e. The zero-order valence-electron chi connectivity index (χ0n) is 16.9. The fourth-order valence-corrected chi connectivity index (χ4v) is 3.03. The third kappa shape index (κ3) is 5.74. The first-order valence-electron chi connectivity index (χ1n) is 9.40. The van der Waals surface area contributed by atoms with Gasteiger partial charge in [-0.05, 0) is 37.6 Å². The van der Waals surface area contributed by atoms with Crippen LogP contribution in [-0.2, 0) is 20.5 Å². The summed E-state index contributed by atoms with van der Waals surface area (Å²) in [7, 11) is 3.04. The van der Waals surface area contributed by atoms with Crippen molar-refractivity contribution in [2.75, 3.05) is 31.5 Å². The Labute approximate surface area is 167 Å². The molecule has 158 valence electrons. The first-order chi connectivity index (χ1) is 13.7. The molecule has 0 fully saturated rings. The zero-order valence-corrected chi connectivity index (χ0v) is 16.9. The molecule has 0 saturated carbocycles. The van der Waals surface area contributed by atoms with Crippen LogP contribution in [0.15, 0.2) is 33.9 Å². The Kier molecular flexibility index (Phi) is 7.66. The summed E-state index contributed by atoms with van der Waals surface area (Å²) in [5, 5.41) is 13.8. The molecule has 1 heterocycles. The van der Waals surface area contributed by atoms with E-state index in [1.807, 2.05) is 6.92 Å². The predicted octanol–water partition coefficient (Wildman–Crippen LogP) is 1.50. The Morgan fingerprint density at radius 2 is 1.90 bits per heavy atom. The summed E-state index contributed by atoms with van der Waals surface area (Å²) in [5.74, 6) is -0.348. The second-order valence-corrected chi connectivity index (χ2v) is 6.78. The average molecular weight is 407 g/mol. The van der Waals surface area contributed by atoms with Crippen molar-refractivity contribution in [1.29, 1.82) is 0 Å². The largest absolute Gasteiger partial charge is 0.370 e. The number of aromatic nitrogens is 2. The van der Waals surface area contributed by atoms with Gasteiger partial charge in [0.2, 0.25) is 5.82 Å². The summed E-state index contributed by atoms with van der Waals surface area (Å²) in [5.41, 5.74) is -0.543. The minimum absolute atomic E-state index is 0.363. The topological polar surface area (TPSA) is 102 Å². The van der Waals surface area contributed by atoms with E-state index in [1.54, 1.807) is 13.1 Å². The van der Waals surface area contributed by atoms with E-state index in [4.69, 9.17) is 0 Å². The number of halogens is 1. The second kappa shape index (κ2) is 9.97. The summed E-state index contributed by atoms with van der Waals surface area (Å²) in [6, 6.07) is 5.38. The summed E-state index contributed by atoms with van der Waals surface area (Å²) < 4.78 is 16.1. The van der Waals surface area contributed by atoms with E-state index < -0.39 is 16.4 Å². The van der Waals surface area contributed by atoms with Gasteiger partial charge in [0.25, 0.3) is 5.56 Å². The van der Waals surface area contributed by atoms with Crippen LogP contribution in [0.3, 0.4) is 0 Å². The molecule has 0 spiro atoms. The Bertz CT molecular complexity index is 986. The summed E-state index contributed by atoms with van der Waals surface area (Å²) >= 11 is 0. The average Bonchev–Trinajstić information content (AvgIpc) is 2.68. The number of hydrogen-bond donors (Lipinski definition) is 1. The quantitative estimate of drug-likeness (QED) is 0.473. The van der Waals surface area contributed by atoms with Crippen LogP contribution >= 0.6 is 0 Å². The van der Waals surface area contributed by atoms with Crippen molar-refractivity contribution >= 4 is 11.5 Å². The molecule has 0 unspecified atom stereocenters. The van der Waals surface area contributed by atoms with Crippen LogP contribution in [0.25, 0.3) is 0 Å². The summed E-state index contributed by atoms with van der Waals surface area (Å²) in [4.78, 5) is 35.8. The van der Waals surface area contributed by atoms with Crippen LogP contribution in [-0.4, -0.2) is 45.1 Å². The highest BCUT2D eigenvalue weighted by atomic mass is 19.1. The van der Waals surface area contributed by atoms with Crippen molar-refractivity contribution in [3.05, 3.63) is 66.6 Å². The third-order valence-electron chi connectivity index (χ3n) is 4.86. The van der Waals surface area contributed by atoms with Gasteiger partial charge in [0, 0.05) is 39.3 Å². The molecule has 10 heteroatoms. The number of nitro groups is 1. The van der Waals surface area contributed by atoms with Crippen LogP contribution in [0.2, 0.25) is 0 Å². The van der Waals surface area contributed by atoms with Gasteiger partial charge in [0.15, 0.2) is 0 Å². The number of rotatable bonds is 10. The molecule has 0 atom stereocenters. The van der Waals surface area contributed by atoms with E-state index in [-0.39, 0.29) is 11.2 Å². The van der Waals surface area contributed by atoms with Gasteiger partial charge in [-0.3, -0.25) is 24.0 Å². The van der Waals surface area contributed by atoms with Crippen molar-refractivity contribution in [3.63, 3.8) is 0 Å². The van der Waals surface area contributed by atoms with E-state index in [0.29, 0.717) is 25.3 Å². The lowest BCUT2D eigenvalue weighted by Gasteiger charge is -2.21. The minimum Gasteiger partial charge on any atom is -0.370 e. The van der Waals surface area contributed by atoms with E-state index in [0.717, 1.165) is 29.6 Å². The number of aryl methyl sites for hydroxylation is 1. The van der Waals surface area contributed by atoms with E-state index in [2.05, 4.69) is 10.2 Å². The highest BCUT2D eigenvalue weighted by Gasteiger charge is 2.13. The standard InChI is InChI=1S/C19H26FN5O4/c1-4-24(10-5-6-14-7-8-16(25(28)29)15(20)12-14)11-9-21-17-13-18(26)23(3)19(27)22(17)2/h7-8,12-13,21H,4-6,9-11H2,1-3H3. The predicted molar refractivity (Wildman–Crippen MR) is 109 cm³/mol. The molecule has 2 rings (SSSR count). The second-order valence-electron chi connectivity index (χ2n) is 6.78. The number of hydrogen-bond acceptors (Lipinski definition) is 6. The number of nitro benzene ring substituents is 1. The highest BCUT2D eigenvalue weighted by molar-refractivity contribution is 5.35. The normalized spacial score (nSPS) is 11.1. The first-order valence-corrected chi connectivity index (χ1v) is 9.40. The van der Waals surface area contributed by atoms with Gasteiger partial charge in [0.05, 0.1) is 4.92 Å². The van der Waals surface area contributed by atoms with Gasteiger partial charge in [0.1, 0.15) is 5.82 Å². The van der Waals surface area contributed by atoms with E-state index >= 15 is 0 Å². The van der Waals surface area contributed by atoms with E-state index in [1.165, 1.54) is 29.8 Å². The number of nitrogens with zero attached hydrogens (tertiary/aromatic N) is 4. The number of likely N-dealkylation sites (N-methyl/N-ethyl adjacent to an activating group) is 1. The molecule has 9 nitrogen and oxygen atoms in total. The molecule has 0 aliphatic heterocycles. The Morgan fingerprint density at radius 1 is 1.17 bits per heavy atom. The lowest BCUT2D eigenvalue weighted by Crippen LogP contribution is -2.38. The molecular weight excluding hydrogens is 381 g/mol. The smallest absolute Gasteiger partial charge is 0.332 e. The van der Waals surface area contributed by atoms with Gasteiger partial charge in [-0.1, -0.05) is 13.0 Å². The molecule has 1 aromatic carbocycles. The molecule has 0 amide bonds. The number of benzene rings is 1. The third-order valence-corrected chi connectivity index (χ3v) is 4.86. The first kappa shape index (κ1) is 22.3. The zero-order chi connectivity index (χ0) is 21.6. The lowest BCUT2D eigenvalue weighted by atomic mass is 10.1. The van der Waals surface area contributed by atoms with Crippen LogP contribution < -0.4 is 16.6 Å². The maximum atomic E-state index is 13.7. The van der Waals surface area contributed by atoms with Crippen molar-refractivity contribution in [1.82, 2.24) is 14.0 Å². The molecule has 2 aromatic rings. The molecular formula is C19H26FN5O4. The minimum atomic E-state index is -0.816. The van der Waals surface area contributed by atoms with Crippen LogP contribution in [0.4, 0.5) is 15.9 Å². The maximum absolute atomic E-state index is 13.7. The van der Waals surface area contributed by atoms with Crippen LogP contribution in [0.1, 0.15) is 18.9 Å². The molecule has 0 radical (unpaired) electrons. The fourth-order valence-electron chi connectivity index (χ4n) is 3.03. The molecule has 0 aliphatic carbocycles. The van der Waals surface area contributed by atoms with Crippen molar-refractivity contribution in [2.45, 2.75) is 19.8 Å². The lowest BCUT2D eigenvalue weighted by molar-refractivity contribution is -0.387. The molecule has 0 saturated heterocycles. The summed E-state index contributed by atoms with van der Waals surface area (Å²) in [6.07, 6.45) is 1.39. The van der Waals surface area contributed by atoms with Crippen LogP contribution in [0, 0.1) is 15.9 Å². The van der Waals surface area contributed by atoms with Gasteiger partial charge in [-0.25, -0.2) is 4.79 Å². The molecule has 0 bridgehead atoms. The summed E-state index contributed by atoms with van der Waals surface area (Å²) in [6.45, 7) is 4.87. The molecule has 0 aliphatic rings. The SMILES string of the molecule is CCN(CCCc1ccc([N+](=O)[O-])c(F)c1)CCNc1cc(=O)n(C)c(=O)n1C. The fraction of sp³-hybridized carbons (Fsp3) is 0.474. The molecule has 1 N–H and O–H groups in total. The Morgan fingerprint density at radius 3 is 2.52 bits per heavy atom. The van der Waals surface area contributed by atoms with E-state index in [9.17, 15) is 24.1 Å².